The first kappa shape index (κ1) is 13.9. The maximum absolute atomic E-state index is 5.98. The number of aromatic nitrogens is 2. The van der Waals surface area contributed by atoms with Gasteiger partial charge in [0.1, 0.15) is 5.65 Å². The zero-order valence-electron chi connectivity index (χ0n) is 11.7. The lowest BCUT2D eigenvalue weighted by atomic mass is 10.2. The Labute approximate surface area is 128 Å². The van der Waals surface area contributed by atoms with Crippen LogP contribution in [0.2, 0.25) is 5.02 Å². The van der Waals surface area contributed by atoms with Gasteiger partial charge >= 0.3 is 0 Å². The zero-order valence-corrected chi connectivity index (χ0v) is 12.5. The summed E-state index contributed by atoms with van der Waals surface area (Å²) in [5.74, 6) is 0. The highest BCUT2D eigenvalue weighted by atomic mass is 35.5. The van der Waals surface area contributed by atoms with Crippen molar-refractivity contribution in [3.63, 3.8) is 0 Å². The summed E-state index contributed by atoms with van der Waals surface area (Å²) in [6.45, 7) is 1.24. The number of rotatable bonds is 5. The molecule has 5 heteroatoms. The number of nitrogens with one attached hydrogen (secondary N) is 1. The van der Waals surface area contributed by atoms with Crippen molar-refractivity contribution >= 4 is 22.9 Å². The van der Waals surface area contributed by atoms with Crippen molar-refractivity contribution in [2.45, 2.75) is 13.2 Å². The number of pyridine rings is 1. The quantitative estimate of drug-likeness (QED) is 0.780. The second-order valence-corrected chi connectivity index (χ2v) is 5.23. The zero-order chi connectivity index (χ0) is 14.7. The molecule has 21 heavy (non-hydrogen) atoms. The van der Waals surface area contributed by atoms with Gasteiger partial charge in [-0.1, -0.05) is 29.8 Å². The fraction of sp³-hybridized carbons (Fsp3) is 0.188. The van der Waals surface area contributed by atoms with Gasteiger partial charge in [0, 0.05) is 30.8 Å². The minimum absolute atomic E-state index is 0.587. The van der Waals surface area contributed by atoms with E-state index >= 15 is 0 Å². The first-order valence-corrected chi connectivity index (χ1v) is 7.08. The third-order valence-electron chi connectivity index (χ3n) is 3.24. The summed E-state index contributed by atoms with van der Waals surface area (Å²) in [7, 11) is 1.70. The van der Waals surface area contributed by atoms with Crippen LogP contribution in [0.1, 0.15) is 11.3 Å². The normalized spacial score (nSPS) is 11.0. The second kappa shape index (κ2) is 6.16. The highest BCUT2D eigenvalue weighted by Gasteiger charge is 2.04. The molecule has 0 aliphatic heterocycles. The lowest BCUT2D eigenvalue weighted by Crippen LogP contribution is -2.03. The van der Waals surface area contributed by atoms with Crippen LogP contribution in [0.25, 0.3) is 5.65 Å². The Hall–Kier alpha value is -2.04. The number of ether oxygens (including phenoxy) is 1. The van der Waals surface area contributed by atoms with E-state index in [9.17, 15) is 0 Å². The average molecular weight is 302 g/mol. The molecular weight excluding hydrogens is 286 g/mol. The van der Waals surface area contributed by atoms with Gasteiger partial charge in [0.25, 0.3) is 0 Å². The number of imidazole rings is 1. The molecule has 3 rings (SSSR count). The van der Waals surface area contributed by atoms with Gasteiger partial charge in [0.15, 0.2) is 0 Å². The molecule has 0 aliphatic rings. The van der Waals surface area contributed by atoms with Gasteiger partial charge in [0.2, 0.25) is 0 Å². The number of fused-ring (bicyclic) bond motifs is 1. The number of para-hydroxylation sites is 1. The Kier molecular flexibility index (Phi) is 4.08. The Bertz CT molecular complexity index is 754. The van der Waals surface area contributed by atoms with Crippen molar-refractivity contribution in [1.82, 2.24) is 9.38 Å². The number of nitrogens with zero attached hydrogens (tertiary/aromatic N) is 2. The first-order valence-electron chi connectivity index (χ1n) is 6.70. The lowest BCUT2D eigenvalue weighted by Gasteiger charge is -2.10. The standard InChI is InChI=1S/C16H16ClN3O/c1-21-11-12-4-2-3-5-15(12)18-8-14-10-20-9-13(17)6-7-16(20)19-14/h2-7,9-10,18H,8,11H2,1H3. The Morgan fingerprint density at radius 2 is 2.05 bits per heavy atom. The van der Waals surface area contributed by atoms with Crippen molar-refractivity contribution in [1.29, 1.82) is 0 Å². The summed E-state index contributed by atoms with van der Waals surface area (Å²) in [5.41, 5.74) is 4.05. The summed E-state index contributed by atoms with van der Waals surface area (Å²) in [6, 6.07) is 11.9. The number of hydrogen-bond donors (Lipinski definition) is 1. The van der Waals surface area contributed by atoms with Crippen LogP contribution in [-0.4, -0.2) is 16.5 Å². The minimum atomic E-state index is 0.587. The number of methoxy groups -OCH3 is 1. The molecule has 0 fully saturated rings. The van der Waals surface area contributed by atoms with Crippen LogP contribution >= 0.6 is 11.6 Å². The number of halogens is 1. The van der Waals surface area contributed by atoms with Gasteiger partial charge in [-0.25, -0.2) is 4.98 Å². The van der Waals surface area contributed by atoms with Crippen molar-refractivity contribution in [2.75, 3.05) is 12.4 Å². The van der Waals surface area contributed by atoms with Crippen LogP contribution in [0.3, 0.4) is 0 Å². The molecule has 0 atom stereocenters. The molecule has 1 aromatic carbocycles. The topological polar surface area (TPSA) is 38.6 Å². The third-order valence-corrected chi connectivity index (χ3v) is 3.47. The fourth-order valence-electron chi connectivity index (χ4n) is 2.26. The van der Waals surface area contributed by atoms with Crippen molar-refractivity contribution in [3.05, 3.63) is 65.1 Å². The SMILES string of the molecule is COCc1ccccc1NCc1cn2cc(Cl)ccc2n1. The van der Waals surface area contributed by atoms with E-state index in [0.717, 1.165) is 22.6 Å². The van der Waals surface area contributed by atoms with Crippen LogP contribution in [0.5, 0.6) is 0 Å². The molecule has 0 saturated heterocycles. The van der Waals surface area contributed by atoms with Crippen molar-refractivity contribution in [2.24, 2.45) is 0 Å². The molecule has 1 N–H and O–H groups in total. The van der Waals surface area contributed by atoms with Crippen LogP contribution in [-0.2, 0) is 17.9 Å². The van der Waals surface area contributed by atoms with Gasteiger partial charge in [-0.2, -0.15) is 0 Å². The third kappa shape index (κ3) is 3.17. The van der Waals surface area contributed by atoms with E-state index in [1.165, 1.54) is 0 Å². The van der Waals surface area contributed by atoms with Crippen LogP contribution in [0.4, 0.5) is 5.69 Å². The molecule has 0 aliphatic carbocycles. The molecule has 4 nitrogen and oxygen atoms in total. The van der Waals surface area contributed by atoms with Gasteiger partial charge in [-0.3, -0.25) is 0 Å². The maximum atomic E-state index is 5.98. The minimum Gasteiger partial charge on any atom is -0.380 e. The summed E-state index contributed by atoms with van der Waals surface area (Å²) < 4.78 is 7.14. The molecule has 0 bridgehead atoms. The summed E-state index contributed by atoms with van der Waals surface area (Å²) in [4.78, 5) is 4.56. The fourth-order valence-corrected chi connectivity index (χ4v) is 2.43. The highest BCUT2D eigenvalue weighted by molar-refractivity contribution is 6.30. The predicted octanol–water partition coefficient (Wildman–Crippen LogP) is 3.75. The van der Waals surface area contributed by atoms with Gasteiger partial charge in [-0.15, -0.1) is 0 Å². The second-order valence-electron chi connectivity index (χ2n) is 4.79. The van der Waals surface area contributed by atoms with Crippen molar-refractivity contribution in [3.8, 4) is 0 Å². The molecule has 0 radical (unpaired) electrons. The Morgan fingerprint density at radius 3 is 2.90 bits per heavy atom. The van der Waals surface area contributed by atoms with Crippen LogP contribution in [0, 0.1) is 0 Å². The maximum Gasteiger partial charge on any atom is 0.137 e. The van der Waals surface area contributed by atoms with E-state index in [1.807, 2.05) is 47.1 Å². The van der Waals surface area contributed by atoms with Crippen LogP contribution in [0.15, 0.2) is 48.8 Å². The molecule has 0 saturated carbocycles. The predicted molar refractivity (Wildman–Crippen MR) is 84.7 cm³/mol. The Morgan fingerprint density at radius 1 is 1.19 bits per heavy atom. The molecule has 3 aromatic rings. The summed E-state index contributed by atoms with van der Waals surface area (Å²) >= 11 is 5.98. The molecule has 0 amide bonds. The van der Waals surface area contributed by atoms with E-state index in [1.54, 1.807) is 7.11 Å². The first-order chi connectivity index (χ1) is 10.3. The smallest absolute Gasteiger partial charge is 0.137 e. The Balaban J connectivity index is 1.77. The van der Waals surface area contributed by atoms with Gasteiger partial charge in [-0.05, 0) is 18.2 Å². The summed E-state index contributed by atoms with van der Waals surface area (Å²) in [6.07, 6.45) is 3.83. The van der Waals surface area contributed by atoms with Crippen molar-refractivity contribution < 1.29 is 4.74 Å². The molecule has 2 heterocycles. The van der Waals surface area contributed by atoms with E-state index < -0.39 is 0 Å². The van der Waals surface area contributed by atoms with E-state index in [2.05, 4.69) is 16.4 Å². The number of anilines is 1. The molecule has 2 aromatic heterocycles. The lowest BCUT2D eigenvalue weighted by molar-refractivity contribution is 0.185. The van der Waals surface area contributed by atoms with Crippen LogP contribution < -0.4 is 5.32 Å². The van der Waals surface area contributed by atoms with E-state index in [-0.39, 0.29) is 0 Å². The number of benzene rings is 1. The highest BCUT2D eigenvalue weighted by Crippen LogP contribution is 2.17. The average Bonchev–Trinajstić information content (AvgIpc) is 2.88. The van der Waals surface area contributed by atoms with E-state index in [0.29, 0.717) is 18.2 Å². The van der Waals surface area contributed by atoms with Gasteiger partial charge < -0.3 is 14.5 Å². The summed E-state index contributed by atoms with van der Waals surface area (Å²) in [5, 5.41) is 4.10. The van der Waals surface area contributed by atoms with Gasteiger partial charge in [0.05, 0.1) is 23.9 Å². The molecule has 0 unspecified atom stereocenters. The molecular formula is C16H16ClN3O. The largest absolute Gasteiger partial charge is 0.380 e. The van der Waals surface area contributed by atoms with E-state index in [4.69, 9.17) is 16.3 Å². The number of hydrogen-bond acceptors (Lipinski definition) is 3. The molecule has 108 valence electrons. The molecule has 0 spiro atoms. The monoisotopic (exact) mass is 301 g/mol.